The molecule has 1 N–H and O–H groups in total. The van der Waals surface area contributed by atoms with E-state index in [1.807, 2.05) is 43.3 Å². The monoisotopic (exact) mass is 447 g/mol. The zero-order valence-electron chi connectivity index (χ0n) is 18.3. The summed E-state index contributed by atoms with van der Waals surface area (Å²) in [5.41, 5.74) is 2.66. The first kappa shape index (κ1) is 22.3. The van der Waals surface area contributed by atoms with E-state index < -0.39 is 11.5 Å². The Morgan fingerprint density at radius 3 is 2.47 bits per heavy atom. The van der Waals surface area contributed by atoms with Crippen LogP contribution in [0.4, 0.5) is 5.69 Å². The highest BCUT2D eigenvalue weighted by atomic mass is 35.5. The number of aliphatic hydroxyl groups is 1. The van der Waals surface area contributed by atoms with Gasteiger partial charge in [-0.3, -0.25) is 9.59 Å². The number of fused-ring (bicyclic) bond motifs is 1. The molecule has 1 heterocycles. The van der Waals surface area contributed by atoms with Crippen LogP contribution in [0, 0.1) is 6.92 Å². The summed E-state index contributed by atoms with van der Waals surface area (Å²) in [6, 6.07) is 20.2. The van der Waals surface area contributed by atoms with Crippen molar-refractivity contribution in [3.63, 3.8) is 0 Å². The lowest BCUT2D eigenvalue weighted by molar-refractivity contribution is -0.136. The lowest BCUT2D eigenvalue weighted by atomic mass is 9.88. The average Bonchev–Trinajstić information content (AvgIpc) is 2.97. The van der Waals surface area contributed by atoms with E-state index in [4.69, 9.17) is 11.6 Å². The first-order valence-corrected chi connectivity index (χ1v) is 11.2. The van der Waals surface area contributed by atoms with E-state index >= 15 is 0 Å². The molecular formula is C27H26ClNO3. The van der Waals surface area contributed by atoms with Gasteiger partial charge in [0.15, 0.2) is 11.4 Å². The molecule has 1 atom stereocenters. The van der Waals surface area contributed by atoms with Gasteiger partial charge in [-0.05, 0) is 48.2 Å². The first-order chi connectivity index (χ1) is 15.3. The normalized spacial score (nSPS) is 17.5. The molecule has 32 heavy (non-hydrogen) atoms. The van der Waals surface area contributed by atoms with Gasteiger partial charge in [0.05, 0.1) is 18.7 Å². The topological polar surface area (TPSA) is 57.6 Å². The van der Waals surface area contributed by atoms with E-state index in [0.717, 1.165) is 29.5 Å². The molecule has 0 saturated heterocycles. The summed E-state index contributed by atoms with van der Waals surface area (Å²) >= 11 is 6.21. The van der Waals surface area contributed by atoms with E-state index in [1.54, 1.807) is 35.2 Å². The predicted molar refractivity (Wildman–Crippen MR) is 127 cm³/mol. The Labute approximate surface area is 193 Å². The number of halogens is 1. The highest BCUT2D eigenvalue weighted by molar-refractivity contribution is 6.31. The van der Waals surface area contributed by atoms with Crippen LogP contribution in [0.3, 0.4) is 0 Å². The number of Topliss-reactive ketones (excluding diaryl/α,β-unsaturated/α-hetero) is 1. The third-order valence-corrected chi connectivity index (χ3v) is 6.35. The Morgan fingerprint density at radius 1 is 1.06 bits per heavy atom. The maximum atomic E-state index is 13.5. The smallest absolute Gasteiger partial charge is 0.264 e. The third-order valence-electron chi connectivity index (χ3n) is 6.11. The van der Waals surface area contributed by atoms with Crippen molar-refractivity contribution in [2.45, 2.75) is 45.3 Å². The molecule has 0 bridgehead atoms. The van der Waals surface area contributed by atoms with Crippen LogP contribution in [-0.4, -0.2) is 16.8 Å². The molecule has 164 valence electrons. The van der Waals surface area contributed by atoms with Gasteiger partial charge in [0, 0.05) is 16.1 Å². The molecule has 0 aliphatic carbocycles. The number of benzene rings is 3. The molecule has 1 aliphatic rings. The minimum atomic E-state index is -1.96. The predicted octanol–water partition coefficient (Wildman–Crippen LogP) is 5.61. The number of carbonyl (C=O) groups excluding carboxylic acids is 2. The van der Waals surface area contributed by atoms with E-state index in [2.05, 4.69) is 6.92 Å². The molecule has 0 fully saturated rings. The molecule has 0 spiro atoms. The Bertz CT molecular complexity index is 1170. The van der Waals surface area contributed by atoms with Crippen molar-refractivity contribution in [2.75, 3.05) is 4.90 Å². The van der Waals surface area contributed by atoms with Crippen molar-refractivity contribution in [1.82, 2.24) is 0 Å². The van der Waals surface area contributed by atoms with Gasteiger partial charge in [-0.2, -0.15) is 0 Å². The van der Waals surface area contributed by atoms with Gasteiger partial charge in [-0.25, -0.2) is 0 Å². The molecule has 3 aromatic rings. The van der Waals surface area contributed by atoms with E-state index in [0.29, 0.717) is 28.4 Å². The largest absolute Gasteiger partial charge is 0.375 e. The molecule has 4 rings (SSSR count). The Morgan fingerprint density at radius 2 is 1.78 bits per heavy atom. The Balaban J connectivity index is 1.67. The average molecular weight is 448 g/mol. The van der Waals surface area contributed by atoms with Crippen molar-refractivity contribution in [3.05, 3.63) is 99.6 Å². The molecule has 1 amide bonds. The molecule has 0 radical (unpaired) electrons. The van der Waals surface area contributed by atoms with Crippen LogP contribution in [0.25, 0.3) is 0 Å². The number of rotatable bonds is 7. The van der Waals surface area contributed by atoms with Crippen molar-refractivity contribution in [1.29, 1.82) is 0 Å². The molecule has 3 aromatic carbocycles. The van der Waals surface area contributed by atoms with Gasteiger partial charge < -0.3 is 10.0 Å². The van der Waals surface area contributed by atoms with Gasteiger partial charge >= 0.3 is 0 Å². The molecule has 5 heteroatoms. The number of hydrogen-bond acceptors (Lipinski definition) is 3. The van der Waals surface area contributed by atoms with Crippen molar-refractivity contribution < 1.29 is 14.7 Å². The van der Waals surface area contributed by atoms with Crippen LogP contribution in [0.15, 0.2) is 66.7 Å². The van der Waals surface area contributed by atoms with Gasteiger partial charge in [-0.15, -0.1) is 0 Å². The summed E-state index contributed by atoms with van der Waals surface area (Å²) in [6.07, 6.45) is 1.63. The van der Waals surface area contributed by atoms with E-state index in [-0.39, 0.29) is 12.2 Å². The molecule has 0 aromatic heterocycles. The van der Waals surface area contributed by atoms with Crippen molar-refractivity contribution in [2.24, 2.45) is 0 Å². The number of amides is 1. The number of hydrogen-bond donors (Lipinski definition) is 1. The fourth-order valence-electron chi connectivity index (χ4n) is 4.29. The quantitative estimate of drug-likeness (QED) is 0.479. The standard InChI is InChI=1S/C27H26ClNO3/c1-3-6-19-9-11-20(12-10-19)25(30)16-27(32)23-15-22(28)13-14-24(23)29(26(27)31)17-21-8-5-4-7-18(21)2/h4-5,7-15,32H,3,6,16-17H2,1-2H3. The summed E-state index contributed by atoms with van der Waals surface area (Å²) in [6.45, 7) is 4.39. The molecule has 1 aliphatic heterocycles. The minimum absolute atomic E-state index is 0.285. The number of anilines is 1. The van der Waals surface area contributed by atoms with Crippen LogP contribution in [0.5, 0.6) is 0 Å². The first-order valence-electron chi connectivity index (χ1n) is 10.8. The maximum Gasteiger partial charge on any atom is 0.264 e. The summed E-state index contributed by atoms with van der Waals surface area (Å²) in [5.74, 6) is -0.790. The summed E-state index contributed by atoms with van der Waals surface area (Å²) < 4.78 is 0. The van der Waals surface area contributed by atoms with E-state index in [9.17, 15) is 14.7 Å². The fourth-order valence-corrected chi connectivity index (χ4v) is 4.46. The molecule has 0 saturated carbocycles. The maximum absolute atomic E-state index is 13.5. The molecule has 1 unspecified atom stereocenters. The second kappa shape index (κ2) is 8.89. The summed E-state index contributed by atoms with van der Waals surface area (Å²) in [7, 11) is 0. The van der Waals surface area contributed by atoms with Crippen LogP contribution < -0.4 is 4.90 Å². The zero-order valence-corrected chi connectivity index (χ0v) is 19.0. The fraction of sp³-hybridized carbons (Fsp3) is 0.259. The van der Waals surface area contributed by atoms with Crippen LogP contribution >= 0.6 is 11.6 Å². The highest BCUT2D eigenvalue weighted by Crippen LogP contribution is 2.45. The van der Waals surface area contributed by atoms with Gasteiger partial charge in [-0.1, -0.05) is 73.5 Å². The van der Waals surface area contributed by atoms with Crippen LogP contribution in [-0.2, 0) is 23.4 Å². The van der Waals surface area contributed by atoms with E-state index in [1.165, 1.54) is 0 Å². The summed E-state index contributed by atoms with van der Waals surface area (Å²) in [5, 5.41) is 12.0. The van der Waals surface area contributed by atoms with Crippen LogP contribution in [0.2, 0.25) is 5.02 Å². The molecular weight excluding hydrogens is 422 g/mol. The lowest BCUT2D eigenvalue weighted by Gasteiger charge is -2.23. The van der Waals surface area contributed by atoms with Crippen molar-refractivity contribution in [3.8, 4) is 0 Å². The highest BCUT2D eigenvalue weighted by Gasteiger charge is 2.51. The van der Waals surface area contributed by atoms with Gasteiger partial charge in [0.2, 0.25) is 0 Å². The number of carbonyl (C=O) groups is 2. The lowest BCUT2D eigenvalue weighted by Crippen LogP contribution is -2.41. The number of nitrogens with zero attached hydrogens (tertiary/aromatic N) is 1. The van der Waals surface area contributed by atoms with Crippen molar-refractivity contribution >= 4 is 29.0 Å². The van der Waals surface area contributed by atoms with Crippen LogP contribution in [0.1, 0.15) is 52.4 Å². The Kier molecular flexibility index (Phi) is 6.18. The second-order valence-corrected chi connectivity index (χ2v) is 8.82. The Hall–Kier alpha value is -2.95. The number of ketones is 1. The third kappa shape index (κ3) is 4.08. The van der Waals surface area contributed by atoms with Gasteiger partial charge in [0.1, 0.15) is 0 Å². The van der Waals surface area contributed by atoms with Gasteiger partial charge in [0.25, 0.3) is 5.91 Å². The SMILES string of the molecule is CCCc1ccc(C(=O)CC2(O)C(=O)N(Cc3ccccc3C)c3ccc(Cl)cc32)cc1. The zero-order chi connectivity index (χ0) is 22.9. The molecule has 4 nitrogen and oxygen atoms in total. The summed E-state index contributed by atoms with van der Waals surface area (Å²) in [4.78, 5) is 28.1. The number of aryl methyl sites for hydroxylation is 2. The second-order valence-electron chi connectivity index (χ2n) is 8.39. The minimum Gasteiger partial charge on any atom is -0.375 e.